The van der Waals surface area contributed by atoms with Crippen LogP contribution < -0.4 is 0 Å². The molecule has 0 aliphatic carbocycles. The molecular weight excluding hydrogens is 376 g/mol. The summed E-state index contributed by atoms with van der Waals surface area (Å²) in [6.45, 7) is 11.1. The number of phenolic OH excluding ortho intramolecular Hbond substituents is 1. The molecule has 0 bridgehead atoms. The molecule has 0 radical (unpaired) electrons. The fraction of sp³-hybridized carbons (Fsp3) is 0.375. The van der Waals surface area contributed by atoms with E-state index in [1.807, 2.05) is 38.3 Å². The minimum atomic E-state index is 0.320. The molecule has 1 fully saturated rings. The molecule has 0 atom stereocenters. The van der Waals surface area contributed by atoms with E-state index in [1.54, 1.807) is 6.07 Å². The SMILES string of the molecule is C=NC1=CCC(/C=C\C)=CN=C1/C(=N\CCc1cccc(O)c1C)N1CCOCC1. The van der Waals surface area contributed by atoms with Crippen LogP contribution in [0.25, 0.3) is 0 Å². The Labute approximate surface area is 178 Å². The third-order valence-electron chi connectivity index (χ3n) is 5.27. The Balaban J connectivity index is 1.92. The predicted octanol–water partition coefficient (Wildman–Crippen LogP) is 3.86. The number of nitrogens with zero attached hydrogens (tertiary/aromatic N) is 4. The summed E-state index contributed by atoms with van der Waals surface area (Å²) in [5.74, 6) is 1.15. The summed E-state index contributed by atoms with van der Waals surface area (Å²) in [5.41, 5.74) is 4.62. The number of amidine groups is 1. The summed E-state index contributed by atoms with van der Waals surface area (Å²) < 4.78 is 5.53. The van der Waals surface area contributed by atoms with Crippen LogP contribution in [0.5, 0.6) is 5.75 Å². The second kappa shape index (κ2) is 10.7. The molecule has 3 rings (SSSR count). The predicted molar refractivity (Wildman–Crippen MR) is 124 cm³/mol. The molecule has 1 aromatic carbocycles. The summed E-state index contributed by atoms with van der Waals surface area (Å²) >= 11 is 0. The van der Waals surface area contributed by atoms with E-state index in [9.17, 15) is 5.11 Å². The first-order valence-corrected chi connectivity index (χ1v) is 10.4. The number of allylic oxidation sites excluding steroid dienone is 4. The topological polar surface area (TPSA) is 69.8 Å². The molecule has 0 unspecified atom stereocenters. The number of benzene rings is 1. The number of rotatable bonds is 6. The Morgan fingerprint density at radius 2 is 2.13 bits per heavy atom. The maximum Gasteiger partial charge on any atom is 0.152 e. The van der Waals surface area contributed by atoms with Gasteiger partial charge >= 0.3 is 0 Å². The minimum Gasteiger partial charge on any atom is -0.508 e. The zero-order valence-corrected chi connectivity index (χ0v) is 17.8. The first kappa shape index (κ1) is 21.7. The highest BCUT2D eigenvalue weighted by atomic mass is 16.5. The van der Waals surface area contributed by atoms with Gasteiger partial charge in [-0.05, 0) is 56.2 Å². The second-order valence-corrected chi connectivity index (χ2v) is 7.25. The van der Waals surface area contributed by atoms with Gasteiger partial charge in [0.15, 0.2) is 5.84 Å². The Morgan fingerprint density at radius 1 is 1.33 bits per heavy atom. The molecule has 0 spiro atoms. The quantitative estimate of drug-likeness (QED) is 0.576. The summed E-state index contributed by atoms with van der Waals surface area (Å²) in [5, 5.41) is 9.97. The van der Waals surface area contributed by atoms with Crippen LogP contribution in [0.4, 0.5) is 0 Å². The summed E-state index contributed by atoms with van der Waals surface area (Å²) in [4.78, 5) is 16.2. The van der Waals surface area contributed by atoms with Gasteiger partial charge in [0.05, 0.1) is 18.9 Å². The normalized spacial score (nSPS) is 18.0. The van der Waals surface area contributed by atoms with Crippen molar-refractivity contribution >= 4 is 18.3 Å². The van der Waals surface area contributed by atoms with Gasteiger partial charge < -0.3 is 14.7 Å². The Morgan fingerprint density at radius 3 is 2.87 bits per heavy atom. The minimum absolute atomic E-state index is 0.320. The zero-order chi connectivity index (χ0) is 21.3. The third-order valence-corrected chi connectivity index (χ3v) is 5.27. The van der Waals surface area contributed by atoms with Crippen molar-refractivity contribution in [2.45, 2.75) is 26.7 Å². The summed E-state index contributed by atoms with van der Waals surface area (Å²) in [6.07, 6.45) is 9.50. The monoisotopic (exact) mass is 406 g/mol. The molecular formula is C24H30N4O2. The Kier molecular flexibility index (Phi) is 7.74. The molecule has 1 saturated heterocycles. The Bertz CT molecular complexity index is 919. The first-order chi connectivity index (χ1) is 14.6. The van der Waals surface area contributed by atoms with E-state index in [4.69, 9.17) is 14.7 Å². The van der Waals surface area contributed by atoms with Crippen LogP contribution in [0, 0.1) is 6.92 Å². The van der Waals surface area contributed by atoms with Crippen LogP contribution in [-0.2, 0) is 11.2 Å². The highest BCUT2D eigenvalue weighted by Gasteiger charge is 2.23. The maximum absolute atomic E-state index is 9.97. The van der Waals surface area contributed by atoms with Crippen molar-refractivity contribution in [1.82, 2.24) is 4.90 Å². The largest absolute Gasteiger partial charge is 0.508 e. The van der Waals surface area contributed by atoms with Gasteiger partial charge in [0.25, 0.3) is 0 Å². The van der Waals surface area contributed by atoms with Crippen molar-refractivity contribution in [3.63, 3.8) is 0 Å². The second-order valence-electron chi connectivity index (χ2n) is 7.25. The smallest absolute Gasteiger partial charge is 0.152 e. The van der Waals surface area contributed by atoms with Gasteiger partial charge in [-0.25, -0.2) is 0 Å². The van der Waals surface area contributed by atoms with E-state index in [0.717, 1.165) is 59.9 Å². The molecule has 1 N–H and O–H groups in total. The molecule has 6 nitrogen and oxygen atoms in total. The molecule has 0 saturated carbocycles. The number of morpholine rings is 1. The van der Waals surface area contributed by atoms with Crippen molar-refractivity contribution in [3.8, 4) is 5.75 Å². The van der Waals surface area contributed by atoms with Crippen molar-refractivity contribution in [2.24, 2.45) is 15.0 Å². The number of hydrogen-bond acceptors (Lipinski definition) is 5. The highest BCUT2D eigenvalue weighted by Crippen LogP contribution is 2.21. The fourth-order valence-electron chi connectivity index (χ4n) is 3.54. The number of ether oxygens (including phenoxy) is 1. The Hall–Kier alpha value is -2.99. The third kappa shape index (κ3) is 5.33. The van der Waals surface area contributed by atoms with Crippen molar-refractivity contribution < 1.29 is 9.84 Å². The van der Waals surface area contributed by atoms with Crippen molar-refractivity contribution in [1.29, 1.82) is 0 Å². The van der Waals surface area contributed by atoms with E-state index in [1.165, 1.54) is 0 Å². The van der Waals surface area contributed by atoms with Gasteiger partial charge in [0.1, 0.15) is 11.5 Å². The van der Waals surface area contributed by atoms with E-state index in [0.29, 0.717) is 25.5 Å². The first-order valence-electron chi connectivity index (χ1n) is 10.4. The number of phenols is 1. The molecule has 1 aromatic rings. The molecule has 6 heteroatoms. The van der Waals surface area contributed by atoms with Gasteiger partial charge in [-0.2, -0.15) is 0 Å². The number of aliphatic imine (C=N–C) groups is 3. The zero-order valence-electron chi connectivity index (χ0n) is 17.8. The average molecular weight is 407 g/mol. The van der Waals surface area contributed by atoms with Crippen LogP contribution in [-0.4, -0.2) is 61.1 Å². The maximum atomic E-state index is 9.97. The number of aromatic hydroxyl groups is 1. The molecule has 0 amide bonds. The molecule has 0 aromatic heterocycles. The fourth-order valence-corrected chi connectivity index (χ4v) is 3.54. The molecule has 2 aliphatic rings. The lowest BCUT2D eigenvalue weighted by Gasteiger charge is -2.30. The van der Waals surface area contributed by atoms with Crippen LogP contribution in [0.15, 0.2) is 68.9 Å². The van der Waals surface area contributed by atoms with Gasteiger partial charge in [0, 0.05) is 25.8 Å². The van der Waals surface area contributed by atoms with E-state index in [-0.39, 0.29) is 0 Å². The highest BCUT2D eigenvalue weighted by molar-refractivity contribution is 6.47. The van der Waals surface area contributed by atoms with Gasteiger partial charge in [0.2, 0.25) is 0 Å². The summed E-state index contributed by atoms with van der Waals surface area (Å²) in [6, 6.07) is 5.61. The molecule has 158 valence electrons. The lowest BCUT2D eigenvalue weighted by molar-refractivity contribution is 0.0688. The lowest BCUT2D eigenvalue weighted by atomic mass is 10.1. The molecule has 30 heavy (non-hydrogen) atoms. The average Bonchev–Trinajstić information content (AvgIpc) is 2.97. The number of hydrogen-bond donors (Lipinski definition) is 1. The van der Waals surface area contributed by atoms with Crippen molar-refractivity contribution in [2.75, 3.05) is 32.8 Å². The molecule has 2 aliphatic heterocycles. The van der Waals surface area contributed by atoms with Gasteiger partial charge in [-0.1, -0.05) is 30.4 Å². The van der Waals surface area contributed by atoms with E-state index < -0.39 is 0 Å². The van der Waals surface area contributed by atoms with Crippen molar-refractivity contribution in [3.05, 3.63) is 65.0 Å². The standard InChI is InChI=1S/C24H30N4O2/c1-4-6-19-9-10-21(25-3)23(27-17-19)24(28-13-15-30-16-14-28)26-12-11-20-7-5-8-22(29)18(20)2/h4-8,10,17,29H,3,9,11-16H2,1-2H3/b6-4-,26-24+. The van der Waals surface area contributed by atoms with E-state index >= 15 is 0 Å². The van der Waals surface area contributed by atoms with Crippen LogP contribution in [0.1, 0.15) is 24.5 Å². The van der Waals surface area contributed by atoms with Gasteiger partial charge in [-0.15, -0.1) is 0 Å². The van der Waals surface area contributed by atoms with E-state index in [2.05, 4.69) is 28.8 Å². The molecule has 2 heterocycles. The summed E-state index contributed by atoms with van der Waals surface area (Å²) in [7, 11) is 0. The van der Waals surface area contributed by atoms with Gasteiger partial charge in [-0.3, -0.25) is 15.0 Å². The van der Waals surface area contributed by atoms with Crippen LogP contribution >= 0.6 is 0 Å². The van der Waals surface area contributed by atoms with Crippen LogP contribution in [0.2, 0.25) is 0 Å². The van der Waals surface area contributed by atoms with Crippen LogP contribution in [0.3, 0.4) is 0 Å². The lowest BCUT2D eigenvalue weighted by Crippen LogP contribution is -2.44.